The predicted octanol–water partition coefficient (Wildman–Crippen LogP) is 3.28. The normalized spacial score (nSPS) is 49.6. The number of carbonyl (C=O) groups is 4. The summed E-state index contributed by atoms with van der Waals surface area (Å²) in [6.45, 7) is 12.9. The van der Waals surface area contributed by atoms with Crippen molar-refractivity contribution in [2.24, 2.45) is 22.2 Å². The van der Waals surface area contributed by atoms with E-state index in [1.807, 2.05) is 0 Å². The van der Waals surface area contributed by atoms with Gasteiger partial charge in [-0.3, -0.25) is 14.4 Å². The van der Waals surface area contributed by atoms with Crippen molar-refractivity contribution in [3.8, 4) is 0 Å². The van der Waals surface area contributed by atoms with Gasteiger partial charge in [0.2, 0.25) is 0 Å². The first kappa shape index (κ1) is 41.3. The number of carbonyl (C=O) groups excluding carboxylic acids is 4. The molecule has 7 fully saturated rings. The van der Waals surface area contributed by atoms with E-state index in [1.54, 1.807) is 53.7 Å². The molecule has 2 spiro atoms. The Bertz CT molecular complexity index is 1960. The molecule has 320 valence electrons. The van der Waals surface area contributed by atoms with Gasteiger partial charge in [-0.05, 0) is 38.7 Å². The lowest BCUT2D eigenvalue weighted by molar-refractivity contribution is -0.468. The van der Waals surface area contributed by atoms with E-state index in [1.165, 1.54) is 47.7 Å². The molecule has 2 N–H and O–H groups in total. The number of esters is 4. The molecule has 7 aliphatic rings. The summed E-state index contributed by atoms with van der Waals surface area (Å²) in [6.07, 6.45) is -3.05. The molecule has 3 aliphatic heterocycles. The van der Waals surface area contributed by atoms with E-state index < -0.39 is 117 Å². The Morgan fingerprint density at radius 3 is 2.22 bits per heavy atom. The summed E-state index contributed by atoms with van der Waals surface area (Å²) in [5.41, 5.74) is -15.0. The van der Waals surface area contributed by atoms with Crippen molar-refractivity contribution in [3.05, 3.63) is 35.8 Å². The molecule has 15 atom stereocenters. The van der Waals surface area contributed by atoms with Gasteiger partial charge in [-0.25, -0.2) is 4.79 Å². The zero-order valence-corrected chi connectivity index (χ0v) is 34.7. The third kappa shape index (κ3) is 4.20. The van der Waals surface area contributed by atoms with E-state index in [0.717, 1.165) is 0 Å². The van der Waals surface area contributed by atoms with Crippen LogP contribution in [0.15, 0.2) is 34.7 Å². The van der Waals surface area contributed by atoms with Gasteiger partial charge >= 0.3 is 23.9 Å². The summed E-state index contributed by atoms with van der Waals surface area (Å²) in [5.74, 6) is -7.95. The number of allylic oxidation sites excluding steroid dienone is 1. The lowest BCUT2D eigenvalue weighted by Gasteiger charge is -2.78. The molecule has 3 saturated heterocycles. The Labute approximate surface area is 335 Å². The first-order chi connectivity index (χ1) is 27.1. The summed E-state index contributed by atoms with van der Waals surface area (Å²) >= 11 is 0. The first-order valence-electron chi connectivity index (χ1n) is 19.7. The van der Waals surface area contributed by atoms with Gasteiger partial charge < -0.3 is 62.0 Å². The number of hydrogen-bond donors (Lipinski definition) is 2. The monoisotopic (exact) mass is 818 g/mol. The van der Waals surface area contributed by atoms with Crippen molar-refractivity contribution in [2.45, 2.75) is 152 Å². The van der Waals surface area contributed by atoms with Gasteiger partial charge in [-0.15, -0.1) is 0 Å². The highest BCUT2D eigenvalue weighted by atomic mass is 17.0. The minimum Gasteiger partial charge on any atom is -0.472 e. The maximum Gasteiger partial charge on any atom is 0.333 e. The van der Waals surface area contributed by atoms with Crippen LogP contribution in [0.1, 0.15) is 99.2 Å². The average molecular weight is 819 g/mol. The molecular formula is C41H54O17. The van der Waals surface area contributed by atoms with Gasteiger partial charge in [0.05, 0.1) is 39.3 Å². The Hall–Kier alpha value is -3.42. The van der Waals surface area contributed by atoms with Gasteiger partial charge in [-0.2, -0.15) is 0 Å². The number of methoxy groups -OCH3 is 3. The highest BCUT2D eigenvalue weighted by Gasteiger charge is 3.07. The molecule has 4 aliphatic carbocycles. The molecule has 0 unspecified atom stereocenters. The van der Waals surface area contributed by atoms with Crippen LogP contribution in [0.4, 0.5) is 0 Å². The SMILES string of the molecule is C/C=C(\C)C(=O)O[C@H]1[C@]2(C)C[C@]3(O)[C@]14O[C@](CC)(OC)O[C@H]4[C@]14O[C@]5(C)O[C@@]1(CC(=O)OC)[C@](C)([C@@H](OC(C)=O)c1ccoc1)C[C@@H](O)[C@]4(O5)[C@]3(C)[C@H]2CC(=O)OC. The molecule has 0 radical (unpaired) electrons. The Morgan fingerprint density at radius 1 is 0.983 bits per heavy atom. The third-order valence-electron chi connectivity index (χ3n) is 15.6. The number of rotatable bonds is 11. The van der Waals surface area contributed by atoms with Gasteiger partial charge in [0.25, 0.3) is 11.9 Å². The predicted molar refractivity (Wildman–Crippen MR) is 192 cm³/mol. The summed E-state index contributed by atoms with van der Waals surface area (Å²) in [7, 11) is 3.80. The summed E-state index contributed by atoms with van der Waals surface area (Å²) in [5, 5.41) is 27.4. The van der Waals surface area contributed by atoms with E-state index in [-0.39, 0.29) is 31.3 Å². The molecule has 58 heavy (non-hydrogen) atoms. The number of aliphatic hydroxyl groups excluding tert-OH is 1. The third-order valence-corrected chi connectivity index (χ3v) is 15.6. The fourth-order valence-electron chi connectivity index (χ4n) is 13.6. The summed E-state index contributed by atoms with van der Waals surface area (Å²) in [4.78, 5) is 55.0. The fraction of sp³-hybridized carbons (Fsp3) is 0.756. The molecule has 17 heteroatoms. The molecule has 0 aromatic carbocycles. The zero-order chi connectivity index (χ0) is 42.5. The van der Waals surface area contributed by atoms with E-state index in [2.05, 4.69) is 0 Å². The highest BCUT2D eigenvalue weighted by molar-refractivity contribution is 5.88. The number of fused-ring (bicyclic) bond motifs is 2. The number of hydrogen-bond acceptors (Lipinski definition) is 17. The van der Waals surface area contributed by atoms with Crippen LogP contribution in [-0.2, 0) is 66.5 Å². The van der Waals surface area contributed by atoms with Crippen molar-refractivity contribution in [2.75, 3.05) is 21.3 Å². The largest absolute Gasteiger partial charge is 0.472 e. The standard InChI is InChI=1S/C41H54O17/c1-12-21(3)29(46)53-30-32(5)20-36(47)34(7,24(32)16-26(44)48-9)40-25(43)17-33(6,28(52-22(4)42)23-14-15-51-19-23)37(18-27(45)49-10)41(40,57-35(8,55-37)56-40)31-39(30,36)58-38(13-2,50-11)54-31/h12,14-15,19,24-25,28,30-31,43,47H,13,16-18,20H2,1-11H3/b21-12+/t24-,25+,28-,30-,31+,32+,33-,34+,35+,36+,37-,38+,39-,40-,41-/m0/s1. The topological polar surface area (TPSA) is 214 Å². The highest BCUT2D eigenvalue weighted by Crippen LogP contribution is 2.90. The zero-order valence-electron chi connectivity index (χ0n) is 34.7. The lowest BCUT2D eigenvalue weighted by atomic mass is 9.32. The van der Waals surface area contributed by atoms with Crippen LogP contribution in [0.3, 0.4) is 0 Å². The quantitative estimate of drug-likeness (QED) is 0.186. The van der Waals surface area contributed by atoms with E-state index in [9.17, 15) is 29.4 Å². The second-order valence-corrected chi connectivity index (χ2v) is 17.9. The molecular weight excluding hydrogens is 764 g/mol. The Kier molecular flexibility index (Phi) is 8.79. The van der Waals surface area contributed by atoms with Crippen molar-refractivity contribution < 1.29 is 81.2 Å². The van der Waals surface area contributed by atoms with Crippen LogP contribution in [0.25, 0.3) is 0 Å². The first-order valence-corrected chi connectivity index (χ1v) is 19.7. The van der Waals surface area contributed by atoms with E-state index >= 15 is 0 Å². The fourth-order valence-corrected chi connectivity index (χ4v) is 13.6. The van der Waals surface area contributed by atoms with Gasteiger partial charge in [0.1, 0.15) is 35.1 Å². The van der Waals surface area contributed by atoms with Crippen LogP contribution in [0, 0.1) is 22.2 Å². The van der Waals surface area contributed by atoms with Gasteiger partial charge in [-0.1, -0.05) is 33.8 Å². The minimum absolute atomic E-state index is 0.0163. The lowest BCUT2D eigenvalue weighted by Crippen LogP contribution is -2.97. The van der Waals surface area contributed by atoms with Crippen molar-refractivity contribution in [1.29, 1.82) is 0 Å². The van der Waals surface area contributed by atoms with Crippen LogP contribution in [0.5, 0.6) is 0 Å². The molecule has 17 nitrogen and oxygen atoms in total. The number of ether oxygens (including phenoxy) is 10. The smallest absolute Gasteiger partial charge is 0.333 e. The molecule has 8 rings (SSSR count). The molecule has 1 aromatic heterocycles. The van der Waals surface area contributed by atoms with Gasteiger partial charge in [0.15, 0.2) is 11.2 Å². The maximum atomic E-state index is 14.2. The molecule has 4 saturated carbocycles. The molecule has 4 bridgehead atoms. The second-order valence-electron chi connectivity index (χ2n) is 17.9. The van der Waals surface area contributed by atoms with E-state index in [0.29, 0.717) is 5.56 Å². The second kappa shape index (κ2) is 12.3. The van der Waals surface area contributed by atoms with Crippen LogP contribution >= 0.6 is 0 Å². The van der Waals surface area contributed by atoms with Crippen LogP contribution < -0.4 is 0 Å². The molecule has 0 amide bonds. The summed E-state index contributed by atoms with van der Waals surface area (Å²) < 4.78 is 70.5. The van der Waals surface area contributed by atoms with Crippen molar-refractivity contribution in [1.82, 2.24) is 0 Å². The van der Waals surface area contributed by atoms with Crippen LogP contribution in [0.2, 0.25) is 0 Å². The number of aliphatic hydroxyl groups is 2. The average Bonchev–Trinajstić information content (AvgIpc) is 4.00. The summed E-state index contributed by atoms with van der Waals surface area (Å²) in [6, 6.07) is 1.59. The van der Waals surface area contributed by atoms with Crippen molar-refractivity contribution in [3.63, 3.8) is 0 Å². The molecule has 4 heterocycles. The molecule has 1 aromatic rings. The van der Waals surface area contributed by atoms with Crippen LogP contribution in [-0.4, -0.2) is 114 Å². The Balaban J connectivity index is 1.54. The Morgan fingerprint density at radius 2 is 1.66 bits per heavy atom. The van der Waals surface area contributed by atoms with E-state index in [4.69, 9.17) is 51.8 Å². The number of furan rings is 1. The minimum atomic E-state index is -2.27. The van der Waals surface area contributed by atoms with Crippen molar-refractivity contribution >= 4 is 23.9 Å². The van der Waals surface area contributed by atoms with Gasteiger partial charge in [0, 0.05) is 61.2 Å². The maximum absolute atomic E-state index is 14.2.